The molecule has 2 aliphatic carbocycles. The van der Waals surface area contributed by atoms with Gasteiger partial charge in [0.2, 0.25) is 0 Å². The summed E-state index contributed by atoms with van der Waals surface area (Å²) in [7, 11) is 0. The number of halogens is 4. The number of fused-ring (bicyclic) bond motifs is 1. The molecule has 4 aromatic rings. The standard InChI is InChI=1S/C33H34F4N2O5S2/c1-4-18-13-21(12-17(3)30(18)46-32-38-28-24(34)14-20(15-26(28)45-32)31(40)41-5-2)42-16-23-27(39-44-29(23)19-10-11-19)22-8-6-7-9-25(22)43-33(35,36)37/h6-9,14-15,17-19,21,30H,4-5,10-13,16H2,1-3H3. The van der Waals surface area contributed by atoms with Gasteiger partial charge in [0, 0.05) is 22.3 Å². The largest absolute Gasteiger partial charge is 0.573 e. The molecule has 2 aromatic carbocycles. The van der Waals surface area contributed by atoms with Gasteiger partial charge in [0.05, 0.1) is 29.6 Å². The fraction of sp³-hybridized carbons (Fsp3) is 0.485. The van der Waals surface area contributed by atoms with E-state index in [1.54, 1.807) is 36.9 Å². The van der Waals surface area contributed by atoms with Crippen molar-refractivity contribution in [1.82, 2.24) is 10.1 Å². The minimum Gasteiger partial charge on any atom is -0.462 e. The maximum Gasteiger partial charge on any atom is 0.573 e. The Balaban J connectivity index is 1.17. The predicted molar refractivity (Wildman–Crippen MR) is 167 cm³/mol. The number of esters is 1. The van der Waals surface area contributed by atoms with Crippen LogP contribution in [0.2, 0.25) is 0 Å². The average Bonchev–Trinajstić information content (AvgIpc) is 3.63. The number of thiazole rings is 1. The first-order valence-electron chi connectivity index (χ1n) is 15.4. The Labute approximate surface area is 272 Å². The molecular formula is C33H34F4N2O5S2. The highest BCUT2D eigenvalue weighted by molar-refractivity contribution is 8.01. The highest BCUT2D eigenvalue weighted by Gasteiger charge is 2.39. The first kappa shape index (κ1) is 32.8. The molecule has 0 bridgehead atoms. The van der Waals surface area contributed by atoms with Gasteiger partial charge in [-0.05, 0) is 68.7 Å². The lowest BCUT2D eigenvalue weighted by Gasteiger charge is -2.39. The molecule has 46 heavy (non-hydrogen) atoms. The van der Waals surface area contributed by atoms with Crippen LogP contribution in [0.5, 0.6) is 5.75 Å². The van der Waals surface area contributed by atoms with Crippen LogP contribution >= 0.6 is 23.1 Å². The highest BCUT2D eigenvalue weighted by Crippen LogP contribution is 2.48. The first-order valence-corrected chi connectivity index (χ1v) is 17.1. The number of carbonyl (C=O) groups is 1. The van der Waals surface area contributed by atoms with E-state index < -0.39 is 18.1 Å². The smallest absolute Gasteiger partial charge is 0.462 e. The van der Waals surface area contributed by atoms with Gasteiger partial charge in [0.25, 0.3) is 0 Å². The maximum atomic E-state index is 14.9. The van der Waals surface area contributed by atoms with Gasteiger partial charge in [-0.3, -0.25) is 0 Å². The molecule has 2 heterocycles. The summed E-state index contributed by atoms with van der Waals surface area (Å²) in [6, 6.07) is 8.74. The second-order valence-electron chi connectivity index (χ2n) is 11.8. The molecule has 0 spiro atoms. The van der Waals surface area contributed by atoms with Crippen molar-refractivity contribution in [2.24, 2.45) is 11.8 Å². The number of hydrogen-bond donors (Lipinski definition) is 0. The third-order valence-electron chi connectivity index (χ3n) is 8.52. The topological polar surface area (TPSA) is 83.7 Å². The quantitative estimate of drug-likeness (QED) is 0.115. The van der Waals surface area contributed by atoms with Crippen LogP contribution in [-0.4, -0.2) is 40.4 Å². The molecule has 0 saturated heterocycles. The molecule has 13 heteroatoms. The van der Waals surface area contributed by atoms with E-state index >= 15 is 0 Å². The van der Waals surface area contributed by atoms with E-state index in [9.17, 15) is 22.4 Å². The number of benzene rings is 2. The summed E-state index contributed by atoms with van der Waals surface area (Å²) in [5.74, 6) is -0.0800. The van der Waals surface area contributed by atoms with Crippen molar-refractivity contribution >= 4 is 39.3 Å². The number of ether oxygens (including phenoxy) is 3. The first-order chi connectivity index (χ1) is 22.0. The third kappa shape index (κ3) is 7.21. The SMILES string of the molecule is CCOC(=O)c1cc(F)c2nc(SC3C(C)CC(OCc4c(-c5ccccc5OC(F)(F)F)noc4C4CC4)CC3CC)sc2c1. The van der Waals surface area contributed by atoms with Crippen molar-refractivity contribution in [1.29, 1.82) is 0 Å². The number of rotatable bonds is 11. The number of para-hydroxylation sites is 1. The van der Waals surface area contributed by atoms with Crippen LogP contribution in [0.15, 0.2) is 45.3 Å². The second kappa shape index (κ2) is 13.5. The monoisotopic (exact) mass is 678 g/mol. The molecule has 0 aliphatic heterocycles. The Morgan fingerprint density at radius 1 is 1.15 bits per heavy atom. The van der Waals surface area contributed by atoms with Crippen LogP contribution in [0.3, 0.4) is 0 Å². The molecule has 246 valence electrons. The van der Waals surface area contributed by atoms with E-state index in [0.29, 0.717) is 21.7 Å². The minimum atomic E-state index is -4.84. The van der Waals surface area contributed by atoms with Crippen molar-refractivity contribution < 1.29 is 41.1 Å². The van der Waals surface area contributed by atoms with E-state index in [1.807, 2.05) is 0 Å². The number of nitrogens with zero attached hydrogens (tertiary/aromatic N) is 2. The Hall–Kier alpha value is -3.16. The Kier molecular flexibility index (Phi) is 9.63. The van der Waals surface area contributed by atoms with E-state index in [0.717, 1.165) is 36.4 Å². The van der Waals surface area contributed by atoms with E-state index in [4.69, 9.17) is 14.0 Å². The predicted octanol–water partition coefficient (Wildman–Crippen LogP) is 9.55. The van der Waals surface area contributed by atoms with Crippen molar-refractivity contribution in [2.45, 2.75) is 87.5 Å². The van der Waals surface area contributed by atoms with E-state index in [2.05, 4.69) is 28.7 Å². The van der Waals surface area contributed by atoms with Crippen LogP contribution in [0, 0.1) is 17.7 Å². The Morgan fingerprint density at radius 2 is 1.93 bits per heavy atom. The molecule has 0 amide bonds. The van der Waals surface area contributed by atoms with Crippen LogP contribution in [0.4, 0.5) is 17.6 Å². The molecule has 4 unspecified atom stereocenters. The second-order valence-corrected chi connectivity index (χ2v) is 14.3. The molecule has 0 N–H and O–H groups in total. The van der Waals surface area contributed by atoms with Crippen LogP contribution in [0.1, 0.15) is 80.5 Å². The number of hydrogen-bond acceptors (Lipinski definition) is 9. The zero-order valence-electron chi connectivity index (χ0n) is 25.6. The zero-order chi connectivity index (χ0) is 32.6. The fourth-order valence-electron chi connectivity index (χ4n) is 6.21. The third-order valence-corrected chi connectivity index (χ3v) is 11.3. The van der Waals surface area contributed by atoms with Gasteiger partial charge in [-0.15, -0.1) is 24.5 Å². The molecule has 0 radical (unpaired) electrons. The molecule has 6 rings (SSSR count). The molecule has 2 aliphatic rings. The average molecular weight is 679 g/mol. The number of thioether (sulfide) groups is 1. The highest BCUT2D eigenvalue weighted by atomic mass is 32.2. The van der Waals surface area contributed by atoms with Gasteiger partial charge in [-0.1, -0.05) is 49.3 Å². The molecule has 4 atom stereocenters. The molecule has 2 fully saturated rings. The van der Waals surface area contributed by atoms with E-state index in [1.165, 1.54) is 29.5 Å². The molecular weight excluding hydrogens is 644 g/mol. The summed E-state index contributed by atoms with van der Waals surface area (Å²) in [6.45, 7) is 6.38. The fourth-order valence-corrected chi connectivity index (χ4v) is 8.97. The molecule has 7 nitrogen and oxygen atoms in total. The number of carbonyl (C=O) groups excluding carboxylic acids is 1. The normalized spacial score (nSPS) is 21.9. The van der Waals surface area contributed by atoms with Gasteiger partial charge in [0.1, 0.15) is 22.7 Å². The van der Waals surface area contributed by atoms with Crippen LogP contribution in [-0.2, 0) is 16.1 Å². The lowest BCUT2D eigenvalue weighted by atomic mass is 9.79. The lowest BCUT2D eigenvalue weighted by Crippen LogP contribution is -2.37. The summed E-state index contributed by atoms with van der Waals surface area (Å²) in [5, 5.41) is 4.41. The molecule has 2 saturated carbocycles. The lowest BCUT2D eigenvalue weighted by molar-refractivity contribution is -0.274. The van der Waals surface area contributed by atoms with Gasteiger partial charge < -0.3 is 18.7 Å². The van der Waals surface area contributed by atoms with Crippen molar-refractivity contribution in [2.75, 3.05) is 6.61 Å². The molecule has 2 aromatic heterocycles. The van der Waals surface area contributed by atoms with Gasteiger partial charge in [-0.2, -0.15) is 0 Å². The van der Waals surface area contributed by atoms with Crippen LogP contribution < -0.4 is 4.74 Å². The zero-order valence-corrected chi connectivity index (χ0v) is 27.2. The Morgan fingerprint density at radius 3 is 2.65 bits per heavy atom. The van der Waals surface area contributed by atoms with Crippen molar-refractivity contribution in [3.8, 4) is 17.0 Å². The van der Waals surface area contributed by atoms with Gasteiger partial charge >= 0.3 is 12.3 Å². The van der Waals surface area contributed by atoms with Crippen molar-refractivity contribution in [3.63, 3.8) is 0 Å². The van der Waals surface area contributed by atoms with E-state index in [-0.39, 0.29) is 64.7 Å². The summed E-state index contributed by atoms with van der Waals surface area (Å²) >= 11 is 3.01. The summed E-state index contributed by atoms with van der Waals surface area (Å²) in [4.78, 5) is 16.8. The Bertz CT molecular complexity index is 1700. The summed E-state index contributed by atoms with van der Waals surface area (Å²) in [5.41, 5.74) is 1.59. The number of alkyl halides is 3. The minimum absolute atomic E-state index is 0.0757. The van der Waals surface area contributed by atoms with Gasteiger partial charge in [-0.25, -0.2) is 14.2 Å². The number of aromatic nitrogens is 2. The van der Waals surface area contributed by atoms with Crippen LogP contribution in [0.25, 0.3) is 21.5 Å². The van der Waals surface area contributed by atoms with Crippen molar-refractivity contribution in [3.05, 3.63) is 59.1 Å². The van der Waals surface area contributed by atoms with Gasteiger partial charge in [0.15, 0.2) is 10.2 Å². The summed E-state index contributed by atoms with van der Waals surface area (Å²) in [6.07, 6.45) is -0.594. The summed E-state index contributed by atoms with van der Waals surface area (Å²) < 4.78 is 77.2. The maximum absolute atomic E-state index is 14.9.